The van der Waals surface area contributed by atoms with E-state index in [1.807, 2.05) is 0 Å². The molecular formula is C16H23NO2. The highest BCUT2D eigenvalue weighted by Gasteiger charge is 2.44. The second-order valence-electron chi connectivity index (χ2n) is 6.50. The second-order valence-corrected chi connectivity index (χ2v) is 6.50. The van der Waals surface area contributed by atoms with Gasteiger partial charge in [-0.05, 0) is 48.4 Å². The predicted octanol–water partition coefficient (Wildman–Crippen LogP) is 2.82. The number of hydrogen-bond acceptors (Lipinski definition) is 3. The van der Waals surface area contributed by atoms with Crippen molar-refractivity contribution in [3.63, 3.8) is 0 Å². The summed E-state index contributed by atoms with van der Waals surface area (Å²) in [6.45, 7) is 2.23. The SMILES string of the molecule is CC12CCCCCC(Cc3cc(O)c(O)cc31)C2N. The predicted molar refractivity (Wildman–Crippen MR) is 75.4 cm³/mol. The van der Waals surface area contributed by atoms with E-state index in [-0.39, 0.29) is 23.0 Å². The van der Waals surface area contributed by atoms with E-state index in [1.165, 1.54) is 31.2 Å². The smallest absolute Gasteiger partial charge is 0.157 e. The van der Waals surface area contributed by atoms with E-state index < -0.39 is 0 Å². The van der Waals surface area contributed by atoms with E-state index in [2.05, 4.69) is 6.92 Å². The molecule has 2 bridgehead atoms. The minimum atomic E-state index is -0.0656. The van der Waals surface area contributed by atoms with Crippen LogP contribution in [0.3, 0.4) is 0 Å². The van der Waals surface area contributed by atoms with Crippen molar-refractivity contribution < 1.29 is 10.2 Å². The van der Waals surface area contributed by atoms with Crippen molar-refractivity contribution in [3.8, 4) is 11.5 Å². The first-order valence-corrected chi connectivity index (χ1v) is 7.33. The van der Waals surface area contributed by atoms with Gasteiger partial charge in [0.1, 0.15) is 0 Å². The molecule has 19 heavy (non-hydrogen) atoms. The molecule has 104 valence electrons. The van der Waals surface area contributed by atoms with Gasteiger partial charge in [-0.3, -0.25) is 0 Å². The van der Waals surface area contributed by atoms with Crippen LogP contribution in [0.5, 0.6) is 11.5 Å². The van der Waals surface area contributed by atoms with Crippen molar-refractivity contribution in [2.24, 2.45) is 11.7 Å². The Morgan fingerprint density at radius 3 is 2.68 bits per heavy atom. The van der Waals surface area contributed by atoms with Crippen molar-refractivity contribution in [2.75, 3.05) is 0 Å². The zero-order chi connectivity index (χ0) is 13.6. The van der Waals surface area contributed by atoms with E-state index in [9.17, 15) is 10.2 Å². The van der Waals surface area contributed by atoms with E-state index in [0.29, 0.717) is 5.92 Å². The molecule has 0 spiro atoms. The molecule has 3 unspecified atom stereocenters. The molecule has 3 rings (SSSR count). The van der Waals surface area contributed by atoms with Gasteiger partial charge in [0.2, 0.25) is 0 Å². The van der Waals surface area contributed by atoms with Gasteiger partial charge in [0.05, 0.1) is 0 Å². The topological polar surface area (TPSA) is 66.5 Å². The third-order valence-corrected chi connectivity index (χ3v) is 5.31. The molecule has 0 aliphatic heterocycles. The Morgan fingerprint density at radius 1 is 1.16 bits per heavy atom. The van der Waals surface area contributed by atoms with Crippen LogP contribution < -0.4 is 5.73 Å². The number of phenols is 2. The fourth-order valence-corrected chi connectivity index (χ4v) is 4.09. The Kier molecular flexibility index (Phi) is 2.97. The Morgan fingerprint density at radius 2 is 1.89 bits per heavy atom. The number of nitrogens with two attached hydrogens (primary N) is 1. The third kappa shape index (κ3) is 1.91. The summed E-state index contributed by atoms with van der Waals surface area (Å²) in [4.78, 5) is 0. The Balaban J connectivity index is 2.14. The summed E-state index contributed by atoms with van der Waals surface area (Å²) in [5, 5.41) is 19.5. The van der Waals surface area contributed by atoms with Crippen molar-refractivity contribution in [1.29, 1.82) is 0 Å². The average Bonchev–Trinajstić information content (AvgIpc) is 2.37. The molecule has 1 aromatic carbocycles. The van der Waals surface area contributed by atoms with Crippen molar-refractivity contribution in [3.05, 3.63) is 23.3 Å². The molecule has 1 aromatic rings. The normalized spacial score (nSPS) is 34.2. The van der Waals surface area contributed by atoms with Gasteiger partial charge < -0.3 is 15.9 Å². The van der Waals surface area contributed by atoms with Crippen molar-refractivity contribution >= 4 is 0 Å². The zero-order valence-corrected chi connectivity index (χ0v) is 11.5. The van der Waals surface area contributed by atoms with Gasteiger partial charge in [-0.1, -0.05) is 26.2 Å². The first-order chi connectivity index (χ1) is 9.02. The lowest BCUT2D eigenvalue weighted by atomic mass is 9.60. The molecule has 1 fully saturated rings. The highest BCUT2D eigenvalue weighted by Crippen LogP contribution is 2.47. The Labute approximate surface area is 114 Å². The minimum Gasteiger partial charge on any atom is -0.504 e. The summed E-state index contributed by atoms with van der Waals surface area (Å²) in [6, 6.07) is 3.63. The maximum Gasteiger partial charge on any atom is 0.157 e. The number of aromatic hydroxyl groups is 2. The molecule has 3 nitrogen and oxygen atoms in total. The summed E-state index contributed by atoms with van der Waals surface area (Å²) < 4.78 is 0. The monoisotopic (exact) mass is 261 g/mol. The molecule has 1 saturated carbocycles. The molecule has 2 aliphatic carbocycles. The summed E-state index contributed by atoms with van der Waals surface area (Å²) in [5.74, 6) is 0.474. The van der Waals surface area contributed by atoms with Crippen LogP contribution in [-0.2, 0) is 11.8 Å². The van der Waals surface area contributed by atoms with E-state index >= 15 is 0 Å². The fraction of sp³-hybridized carbons (Fsp3) is 0.625. The highest BCUT2D eigenvalue weighted by atomic mass is 16.3. The van der Waals surface area contributed by atoms with E-state index in [4.69, 9.17) is 5.73 Å². The van der Waals surface area contributed by atoms with Gasteiger partial charge in [-0.2, -0.15) is 0 Å². The largest absolute Gasteiger partial charge is 0.504 e. The summed E-state index contributed by atoms with van der Waals surface area (Å²) in [5.41, 5.74) is 8.80. The lowest BCUT2D eigenvalue weighted by molar-refractivity contribution is 0.201. The number of phenolic OH excluding ortho intramolecular Hbond substituents is 2. The van der Waals surface area contributed by atoms with Gasteiger partial charge in [0.25, 0.3) is 0 Å². The second kappa shape index (κ2) is 4.41. The lowest BCUT2D eigenvalue weighted by Crippen LogP contribution is -2.52. The first-order valence-electron chi connectivity index (χ1n) is 7.33. The fourth-order valence-electron chi connectivity index (χ4n) is 4.09. The van der Waals surface area contributed by atoms with Crippen LogP contribution in [0.1, 0.15) is 50.2 Å². The van der Waals surface area contributed by atoms with Gasteiger partial charge >= 0.3 is 0 Å². The molecule has 0 radical (unpaired) electrons. The maximum absolute atomic E-state index is 9.81. The first kappa shape index (κ1) is 12.8. The average molecular weight is 261 g/mol. The third-order valence-electron chi connectivity index (χ3n) is 5.31. The maximum atomic E-state index is 9.81. The summed E-state index contributed by atoms with van der Waals surface area (Å²) in [6.07, 6.45) is 6.91. The molecular weight excluding hydrogens is 238 g/mol. The molecule has 3 heteroatoms. The molecule has 2 aliphatic rings. The number of hydrogen-bond donors (Lipinski definition) is 3. The zero-order valence-electron chi connectivity index (χ0n) is 11.5. The Bertz CT molecular complexity index is 500. The van der Waals surface area contributed by atoms with Gasteiger partial charge in [-0.25, -0.2) is 0 Å². The number of fused-ring (bicyclic) bond motifs is 4. The van der Waals surface area contributed by atoms with Gasteiger partial charge in [0, 0.05) is 11.5 Å². The van der Waals surface area contributed by atoms with Crippen LogP contribution in [0.25, 0.3) is 0 Å². The van der Waals surface area contributed by atoms with Gasteiger partial charge in [0.15, 0.2) is 11.5 Å². The minimum absolute atomic E-state index is 0.00705. The Hall–Kier alpha value is -1.22. The molecule has 0 amide bonds. The van der Waals surface area contributed by atoms with E-state index in [0.717, 1.165) is 18.4 Å². The quantitative estimate of drug-likeness (QED) is 0.629. The van der Waals surface area contributed by atoms with Crippen molar-refractivity contribution in [2.45, 2.75) is 56.9 Å². The standard InChI is InChI=1S/C16H23NO2/c1-16-6-4-2-3-5-10(15(16)17)7-11-8-13(18)14(19)9-12(11)16/h8-10,15,18-19H,2-7,17H2,1H3. The van der Waals surface area contributed by atoms with Crippen LogP contribution in [-0.4, -0.2) is 16.3 Å². The van der Waals surface area contributed by atoms with Crippen LogP contribution in [0.4, 0.5) is 0 Å². The molecule has 0 heterocycles. The van der Waals surface area contributed by atoms with Gasteiger partial charge in [-0.15, -0.1) is 0 Å². The van der Waals surface area contributed by atoms with Crippen LogP contribution in [0.15, 0.2) is 12.1 Å². The molecule has 0 aromatic heterocycles. The van der Waals surface area contributed by atoms with Crippen molar-refractivity contribution in [1.82, 2.24) is 0 Å². The van der Waals surface area contributed by atoms with Crippen LogP contribution >= 0.6 is 0 Å². The lowest BCUT2D eigenvalue weighted by Gasteiger charge is -2.47. The molecule has 4 N–H and O–H groups in total. The molecule has 3 atom stereocenters. The number of rotatable bonds is 0. The van der Waals surface area contributed by atoms with E-state index in [1.54, 1.807) is 12.1 Å². The van der Waals surface area contributed by atoms with Crippen LogP contribution in [0.2, 0.25) is 0 Å². The summed E-state index contributed by atoms with van der Waals surface area (Å²) in [7, 11) is 0. The summed E-state index contributed by atoms with van der Waals surface area (Å²) >= 11 is 0. The molecule has 0 saturated heterocycles. The van der Waals surface area contributed by atoms with Crippen LogP contribution in [0, 0.1) is 5.92 Å². The number of benzene rings is 1. The highest BCUT2D eigenvalue weighted by molar-refractivity contribution is 5.50.